The fourth-order valence-corrected chi connectivity index (χ4v) is 3.14. The summed E-state index contributed by atoms with van der Waals surface area (Å²) in [7, 11) is 0. The first-order chi connectivity index (χ1) is 11.1. The number of hydrogen-bond donors (Lipinski definition) is 1. The van der Waals surface area contributed by atoms with Gasteiger partial charge in [-0.1, -0.05) is 38.1 Å². The molecule has 1 unspecified atom stereocenters. The van der Waals surface area contributed by atoms with Gasteiger partial charge in [0.25, 0.3) is 0 Å². The van der Waals surface area contributed by atoms with Crippen molar-refractivity contribution in [3.8, 4) is 11.1 Å². The Morgan fingerprint density at radius 1 is 0.958 bits per heavy atom. The van der Waals surface area contributed by atoms with Crippen molar-refractivity contribution in [1.29, 1.82) is 0 Å². The minimum Gasteiger partial charge on any atom is -0.324 e. The molecular weight excluding hydrogens is 311 g/mol. The standard InChI is InChI=1S/C20H24F3N/c1-12(2)9-18(24)16-10-13(3)19(14(4)11-16)15-5-7-17(8-6-15)20(21,22)23/h5-8,10-12,18H,9,24H2,1-4H3. The van der Waals surface area contributed by atoms with Crippen LogP contribution in [0.5, 0.6) is 0 Å². The molecule has 4 heteroatoms. The minimum absolute atomic E-state index is 0.0240. The van der Waals surface area contributed by atoms with Crippen molar-refractivity contribution in [3.05, 3.63) is 58.7 Å². The number of halogens is 3. The molecule has 0 aromatic heterocycles. The Balaban J connectivity index is 2.38. The Hall–Kier alpha value is -1.81. The zero-order chi connectivity index (χ0) is 18.1. The molecule has 0 bridgehead atoms. The van der Waals surface area contributed by atoms with E-state index in [0.717, 1.165) is 46.4 Å². The zero-order valence-electron chi connectivity index (χ0n) is 14.5. The van der Waals surface area contributed by atoms with E-state index in [2.05, 4.69) is 13.8 Å². The Bertz CT molecular complexity index is 677. The molecule has 2 aromatic carbocycles. The van der Waals surface area contributed by atoms with Gasteiger partial charge in [-0.25, -0.2) is 0 Å². The summed E-state index contributed by atoms with van der Waals surface area (Å²) in [6.45, 7) is 8.23. The highest BCUT2D eigenvalue weighted by molar-refractivity contribution is 5.71. The van der Waals surface area contributed by atoms with Crippen molar-refractivity contribution >= 4 is 0 Å². The van der Waals surface area contributed by atoms with Crippen molar-refractivity contribution in [3.63, 3.8) is 0 Å². The summed E-state index contributed by atoms with van der Waals surface area (Å²) in [5, 5.41) is 0. The Kier molecular flexibility index (Phi) is 5.38. The molecule has 0 fully saturated rings. The second-order valence-corrected chi connectivity index (χ2v) is 6.84. The van der Waals surface area contributed by atoms with E-state index in [4.69, 9.17) is 5.73 Å². The van der Waals surface area contributed by atoms with Gasteiger partial charge in [-0.05, 0) is 66.1 Å². The summed E-state index contributed by atoms with van der Waals surface area (Å²) >= 11 is 0. The van der Waals surface area contributed by atoms with E-state index < -0.39 is 11.7 Å². The topological polar surface area (TPSA) is 26.0 Å². The van der Waals surface area contributed by atoms with Crippen LogP contribution in [0.15, 0.2) is 36.4 Å². The normalized spacial score (nSPS) is 13.4. The summed E-state index contributed by atoms with van der Waals surface area (Å²) in [6, 6.07) is 9.40. The van der Waals surface area contributed by atoms with Crippen LogP contribution in [-0.4, -0.2) is 0 Å². The van der Waals surface area contributed by atoms with Crippen LogP contribution >= 0.6 is 0 Å². The van der Waals surface area contributed by atoms with Gasteiger partial charge in [0.2, 0.25) is 0 Å². The highest BCUT2D eigenvalue weighted by Gasteiger charge is 2.30. The van der Waals surface area contributed by atoms with Crippen LogP contribution in [0.1, 0.15) is 48.6 Å². The van der Waals surface area contributed by atoms with Crippen LogP contribution in [0.3, 0.4) is 0 Å². The molecule has 130 valence electrons. The predicted octanol–water partition coefficient (Wildman–Crippen LogP) is 6.04. The lowest BCUT2D eigenvalue weighted by Gasteiger charge is -2.19. The highest BCUT2D eigenvalue weighted by Crippen LogP contribution is 2.34. The number of nitrogens with two attached hydrogens (primary N) is 1. The van der Waals surface area contributed by atoms with Crippen LogP contribution in [0, 0.1) is 19.8 Å². The molecule has 0 amide bonds. The number of rotatable bonds is 4. The van der Waals surface area contributed by atoms with E-state index in [1.807, 2.05) is 26.0 Å². The van der Waals surface area contributed by atoms with E-state index in [9.17, 15) is 13.2 Å². The number of benzene rings is 2. The van der Waals surface area contributed by atoms with Gasteiger partial charge < -0.3 is 5.73 Å². The van der Waals surface area contributed by atoms with Crippen molar-refractivity contribution in [2.75, 3.05) is 0 Å². The van der Waals surface area contributed by atoms with Crippen LogP contribution in [0.2, 0.25) is 0 Å². The lowest BCUT2D eigenvalue weighted by atomic mass is 9.89. The summed E-state index contributed by atoms with van der Waals surface area (Å²) in [6.07, 6.45) is -3.41. The Morgan fingerprint density at radius 3 is 1.88 bits per heavy atom. The molecule has 0 radical (unpaired) electrons. The molecule has 2 rings (SSSR count). The monoisotopic (exact) mass is 335 g/mol. The third-order valence-electron chi connectivity index (χ3n) is 4.21. The Labute approximate surface area is 141 Å². The van der Waals surface area contributed by atoms with Gasteiger partial charge in [0, 0.05) is 6.04 Å². The molecule has 2 aromatic rings. The largest absolute Gasteiger partial charge is 0.416 e. The summed E-state index contributed by atoms with van der Waals surface area (Å²) in [5.41, 5.74) is 10.5. The first kappa shape index (κ1) is 18.5. The number of aryl methyl sites for hydroxylation is 2. The average molecular weight is 335 g/mol. The van der Waals surface area contributed by atoms with Gasteiger partial charge in [0.15, 0.2) is 0 Å². The van der Waals surface area contributed by atoms with Gasteiger partial charge in [-0.2, -0.15) is 13.2 Å². The second kappa shape index (κ2) is 6.98. The Morgan fingerprint density at radius 2 is 1.46 bits per heavy atom. The van der Waals surface area contributed by atoms with Crippen molar-refractivity contribution in [2.45, 2.75) is 46.3 Å². The summed E-state index contributed by atoms with van der Waals surface area (Å²) in [4.78, 5) is 0. The fraction of sp³-hybridized carbons (Fsp3) is 0.400. The van der Waals surface area contributed by atoms with E-state index >= 15 is 0 Å². The van der Waals surface area contributed by atoms with Gasteiger partial charge in [0.1, 0.15) is 0 Å². The first-order valence-corrected chi connectivity index (χ1v) is 8.14. The molecule has 0 spiro atoms. The van der Waals surface area contributed by atoms with Gasteiger partial charge in [-0.15, -0.1) is 0 Å². The van der Waals surface area contributed by atoms with Crippen molar-refractivity contribution in [1.82, 2.24) is 0 Å². The quantitative estimate of drug-likeness (QED) is 0.725. The van der Waals surface area contributed by atoms with Crippen LogP contribution in [0.4, 0.5) is 13.2 Å². The molecule has 0 aliphatic carbocycles. The van der Waals surface area contributed by atoms with Crippen LogP contribution in [-0.2, 0) is 6.18 Å². The maximum absolute atomic E-state index is 12.7. The third-order valence-corrected chi connectivity index (χ3v) is 4.21. The maximum Gasteiger partial charge on any atom is 0.416 e. The second-order valence-electron chi connectivity index (χ2n) is 6.84. The third kappa shape index (κ3) is 4.18. The van der Waals surface area contributed by atoms with Gasteiger partial charge in [-0.3, -0.25) is 0 Å². The molecular formula is C20H24F3N. The molecule has 0 saturated heterocycles. The van der Waals surface area contributed by atoms with E-state index in [1.54, 1.807) is 0 Å². The van der Waals surface area contributed by atoms with E-state index in [1.165, 1.54) is 12.1 Å². The fourth-order valence-electron chi connectivity index (χ4n) is 3.14. The SMILES string of the molecule is Cc1cc(C(N)CC(C)C)cc(C)c1-c1ccc(C(F)(F)F)cc1. The molecule has 1 atom stereocenters. The smallest absolute Gasteiger partial charge is 0.324 e. The van der Waals surface area contributed by atoms with Gasteiger partial charge >= 0.3 is 6.18 Å². The summed E-state index contributed by atoms with van der Waals surface area (Å²) in [5.74, 6) is 0.509. The maximum atomic E-state index is 12.7. The lowest BCUT2D eigenvalue weighted by molar-refractivity contribution is -0.137. The molecule has 0 heterocycles. The van der Waals surface area contributed by atoms with Crippen LogP contribution < -0.4 is 5.73 Å². The summed E-state index contributed by atoms with van der Waals surface area (Å²) < 4.78 is 38.1. The lowest BCUT2D eigenvalue weighted by Crippen LogP contribution is -2.13. The number of alkyl halides is 3. The first-order valence-electron chi connectivity index (χ1n) is 8.14. The average Bonchev–Trinajstić information content (AvgIpc) is 2.45. The zero-order valence-corrected chi connectivity index (χ0v) is 14.5. The van der Waals surface area contributed by atoms with Crippen LogP contribution in [0.25, 0.3) is 11.1 Å². The van der Waals surface area contributed by atoms with Gasteiger partial charge in [0.05, 0.1) is 5.56 Å². The molecule has 24 heavy (non-hydrogen) atoms. The van der Waals surface area contributed by atoms with E-state index in [-0.39, 0.29) is 6.04 Å². The van der Waals surface area contributed by atoms with E-state index in [0.29, 0.717) is 5.92 Å². The minimum atomic E-state index is -4.31. The molecule has 0 aliphatic heterocycles. The highest BCUT2D eigenvalue weighted by atomic mass is 19.4. The molecule has 0 aliphatic rings. The predicted molar refractivity (Wildman–Crippen MR) is 92.7 cm³/mol. The number of hydrogen-bond acceptors (Lipinski definition) is 1. The van der Waals surface area contributed by atoms with Crippen molar-refractivity contribution < 1.29 is 13.2 Å². The molecule has 2 N–H and O–H groups in total. The molecule has 1 nitrogen and oxygen atoms in total. The van der Waals surface area contributed by atoms with Crippen molar-refractivity contribution in [2.24, 2.45) is 11.7 Å². The molecule has 0 saturated carbocycles.